The van der Waals surface area contributed by atoms with Gasteiger partial charge in [-0.3, -0.25) is 0 Å². The van der Waals surface area contributed by atoms with Crippen LogP contribution >= 0.6 is 0 Å². The molecule has 1 amide bonds. The summed E-state index contributed by atoms with van der Waals surface area (Å²) < 4.78 is 17.7. The quantitative estimate of drug-likeness (QED) is 0.599. The molecule has 3 N–H and O–H groups in total. The van der Waals surface area contributed by atoms with E-state index in [0.717, 1.165) is 16.6 Å². The van der Waals surface area contributed by atoms with Gasteiger partial charge in [0.1, 0.15) is 5.60 Å². The highest BCUT2D eigenvalue weighted by molar-refractivity contribution is 6.56. The van der Waals surface area contributed by atoms with Crippen LogP contribution in [0.4, 0.5) is 10.5 Å². The molecule has 7 heteroatoms. The van der Waals surface area contributed by atoms with E-state index in [0.29, 0.717) is 5.69 Å². The van der Waals surface area contributed by atoms with E-state index >= 15 is 0 Å². The summed E-state index contributed by atoms with van der Waals surface area (Å²) in [6, 6.07) is 5.72. The zero-order valence-corrected chi connectivity index (χ0v) is 18.3. The number of carbonyl (C=O) groups is 1. The number of hydrogen-bond donors (Lipinski definition) is 2. The van der Waals surface area contributed by atoms with Crippen molar-refractivity contribution in [2.45, 2.75) is 72.2 Å². The van der Waals surface area contributed by atoms with Gasteiger partial charge in [0.15, 0.2) is 0 Å². The molecule has 1 fully saturated rings. The van der Waals surface area contributed by atoms with E-state index in [1.807, 2.05) is 79.7 Å². The summed E-state index contributed by atoms with van der Waals surface area (Å²) in [4.78, 5) is 12.1. The molecule has 2 rings (SSSR count). The van der Waals surface area contributed by atoms with E-state index in [-0.39, 0.29) is 6.54 Å². The van der Waals surface area contributed by atoms with Crippen molar-refractivity contribution in [3.63, 3.8) is 0 Å². The van der Waals surface area contributed by atoms with E-state index in [4.69, 9.17) is 19.8 Å². The number of nitrogens with two attached hydrogens (primary N) is 1. The minimum Gasteiger partial charge on any atom is -0.444 e. The highest BCUT2D eigenvalue weighted by atomic mass is 16.7. The van der Waals surface area contributed by atoms with Crippen molar-refractivity contribution in [2.75, 3.05) is 12.3 Å². The molecule has 0 bridgehead atoms. The molecule has 0 atom stereocenters. The zero-order valence-electron chi connectivity index (χ0n) is 18.3. The van der Waals surface area contributed by atoms with Gasteiger partial charge in [-0.05, 0) is 84.1 Å². The molecule has 28 heavy (non-hydrogen) atoms. The number of aryl methyl sites for hydroxylation is 1. The van der Waals surface area contributed by atoms with Crippen molar-refractivity contribution in [2.24, 2.45) is 0 Å². The fraction of sp³-hybridized carbons (Fsp3) is 0.571. The number of anilines is 1. The molecule has 0 saturated carbocycles. The average molecular weight is 388 g/mol. The molecule has 0 aliphatic carbocycles. The molecule has 154 valence electrons. The molecule has 1 aliphatic heterocycles. The van der Waals surface area contributed by atoms with Gasteiger partial charge in [-0.1, -0.05) is 12.1 Å². The van der Waals surface area contributed by atoms with Gasteiger partial charge in [0.2, 0.25) is 0 Å². The molecule has 0 spiro atoms. The fourth-order valence-corrected chi connectivity index (χ4v) is 2.70. The first-order chi connectivity index (χ1) is 12.7. The topological polar surface area (TPSA) is 82.8 Å². The van der Waals surface area contributed by atoms with Gasteiger partial charge in [0, 0.05) is 12.2 Å². The second-order valence-corrected chi connectivity index (χ2v) is 9.28. The Morgan fingerprint density at radius 2 is 1.79 bits per heavy atom. The van der Waals surface area contributed by atoms with Crippen LogP contribution in [-0.2, 0) is 14.0 Å². The monoisotopic (exact) mass is 388 g/mol. The molecule has 1 saturated heterocycles. The molecule has 0 radical (unpaired) electrons. The lowest BCUT2D eigenvalue weighted by Crippen LogP contribution is -2.41. The molecule has 1 aliphatic rings. The summed E-state index contributed by atoms with van der Waals surface area (Å²) in [6.07, 6.45) is 1.48. The maximum atomic E-state index is 12.1. The highest BCUT2D eigenvalue weighted by Crippen LogP contribution is 2.38. The zero-order chi connectivity index (χ0) is 21.3. The van der Waals surface area contributed by atoms with Crippen LogP contribution in [0.2, 0.25) is 0 Å². The first kappa shape index (κ1) is 22.3. The third-order valence-electron chi connectivity index (χ3n) is 5.04. The largest absolute Gasteiger partial charge is 0.492 e. The van der Waals surface area contributed by atoms with Crippen molar-refractivity contribution >= 4 is 25.0 Å². The fourth-order valence-electron chi connectivity index (χ4n) is 2.70. The highest BCUT2D eigenvalue weighted by Gasteiger charge is 2.52. The molecule has 1 heterocycles. The predicted octanol–water partition coefficient (Wildman–Crippen LogP) is 4.12. The Labute approximate surface area is 168 Å². The van der Waals surface area contributed by atoms with Crippen LogP contribution in [0.25, 0.3) is 6.08 Å². The Balaban J connectivity index is 2.30. The summed E-state index contributed by atoms with van der Waals surface area (Å²) in [6.45, 7) is 15.7. The molecule has 1 aromatic rings. The maximum absolute atomic E-state index is 12.1. The molecular weight excluding hydrogens is 355 g/mol. The van der Waals surface area contributed by atoms with Gasteiger partial charge < -0.3 is 25.1 Å². The summed E-state index contributed by atoms with van der Waals surface area (Å²) in [5.41, 5.74) is 7.91. The van der Waals surface area contributed by atoms with Crippen molar-refractivity contribution in [3.8, 4) is 0 Å². The number of amides is 1. The number of benzene rings is 1. The van der Waals surface area contributed by atoms with Gasteiger partial charge in [-0.25, -0.2) is 4.79 Å². The smallest absolute Gasteiger partial charge is 0.444 e. The van der Waals surface area contributed by atoms with E-state index in [9.17, 15) is 4.79 Å². The first-order valence-corrected chi connectivity index (χ1v) is 9.59. The summed E-state index contributed by atoms with van der Waals surface area (Å²) in [5.74, 6) is 0. The lowest BCUT2D eigenvalue weighted by atomic mass is 9.76. The van der Waals surface area contributed by atoms with Crippen molar-refractivity contribution in [3.05, 3.63) is 34.8 Å². The van der Waals surface area contributed by atoms with Crippen LogP contribution in [0.1, 0.15) is 59.6 Å². The van der Waals surface area contributed by atoms with Gasteiger partial charge in [0.25, 0.3) is 0 Å². The van der Waals surface area contributed by atoms with Crippen LogP contribution in [0.5, 0.6) is 0 Å². The van der Waals surface area contributed by atoms with E-state index in [2.05, 4.69) is 5.32 Å². The van der Waals surface area contributed by atoms with Crippen LogP contribution in [0, 0.1) is 6.92 Å². The molecule has 0 unspecified atom stereocenters. The van der Waals surface area contributed by atoms with Crippen LogP contribution in [0.15, 0.2) is 23.7 Å². The molecular formula is C21H33BN2O4. The van der Waals surface area contributed by atoms with Crippen LogP contribution < -0.4 is 11.1 Å². The number of nitrogen functional groups attached to an aromatic ring is 1. The second-order valence-electron chi connectivity index (χ2n) is 9.28. The average Bonchev–Trinajstić information content (AvgIpc) is 2.73. The van der Waals surface area contributed by atoms with Crippen LogP contribution in [-0.4, -0.2) is 36.6 Å². The van der Waals surface area contributed by atoms with Gasteiger partial charge in [0.05, 0.1) is 11.2 Å². The summed E-state index contributed by atoms with van der Waals surface area (Å²) in [7, 11) is -0.583. The minimum atomic E-state index is -0.583. The van der Waals surface area contributed by atoms with E-state index in [1.165, 1.54) is 0 Å². The minimum absolute atomic E-state index is 0.236. The van der Waals surface area contributed by atoms with Crippen molar-refractivity contribution < 1.29 is 18.8 Å². The number of rotatable bonds is 4. The number of hydrogen-bond acceptors (Lipinski definition) is 5. The standard InChI is InChI=1S/C21H33BN2O4/c1-14-9-10-17(23)12-15(14)11-16(13-24-18(25)26-19(2,3)4)22-27-20(5,6)21(7,8)28-22/h9-12H,13,23H2,1-8H3,(H,24,25). The number of carbonyl (C=O) groups excluding carboxylic acids is 1. The summed E-state index contributed by atoms with van der Waals surface area (Å²) in [5, 5.41) is 2.80. The Morgan fingerprint density at radius 3 is 2.32 bits per heavy atom. The molecule has 0 aromatic heterocycles. The third kappa shape index (κ3) is 5.52. The maximum Gasteiger partial charge on any atom is 0.492 e. The summed E-state index contributed by atoms with van der Waals surface area (Å²) >= 11 is 0. The van der Waals surface area contributed by atoms with Gasteiger partial charge >= 0.3 is 13.2 Å². The van der Waals surface area contributed by atoms with Gasteiger partial charge in [-0.2, -0.15) is 0 Å². The Bertz CT molecular complexity index is 750. The first-order valence-electron chi connectivity index (χ1n) is 9.59. The predicted molar refractivity (Wildman–Crippen MR) is 114 cm³/mol. The second kappa shape index (κ2) is 7.80. The Hall–Kier alpha value is -1.99. The lowest BCUT2D eigenvalue weighted by Gasteiger charge is -2.32. The molecule has 1 aromatic carbocycles. The SMILES string of the molecule is Cc1ccc(N)cc1C=C(CNC(=O)OC(C)(C)C)B1OC(C)(C)C(C)(C)O1. The van der Waals surface area contributed by atoms with Crippen LogP contribution in [0.3, 0.4) is 0 Å². The van der Waals surface area contributed by atoms with E-state index < -0.39 is 30.0 Å². The Kier molecular flexibility index (Phi) is 6.21. The third-order valence-corrected chi connectivity index (χ3v) is 5.04. The van der Waals surface area contributed by atoms with Gasteiger partial charge in [-0.15, -0.1) is 0 Å². The number of ether oxygens (including phenoxy) is 1. The number of nitrogens with one attached hydrogen (secondary N) is 1. The Morgan fingerprint density at radius 1 is 1.21 bits per heavy atom. The van der Waals surface area contributed by atoms with E-state index in [1.54, 1.807) is 0 Å². The number of alkyl carbamates (subject to hydrolysis) is 1. The van der Waals surface area contributed by atoms with Crippen molar-refractivity contribution in [1.29, 1.82) is 0 Å². The van der Waals surface area contributed by atoms with Crippen molar-refractivity contribution in [1.82, 2.24) is 5.32 Å². The molecule has 6 nitrogen and oxygen atoms in total. The normalized spacial score (nSPS) is 18.9. The lowest BCUT2D eigenvalue weighted by molar-refractivity contribution is 0.00578.